The molecule has 0 bridgehead atoms. The number of nitrogens with zero attached hydrogens (tertiary/aromatic N) is 1. The number of carbonyl (C=O) groups excluding carboxylic acids is 1. The van der Waals surface area contributed by atoms with E-state index in [0.717, 1.165) is 37.6 Å². The van der Waals surface area contributed by atoms with Gasteiger partial charge in [0.25, 0.3) is 0 Å². The van der Waals surface area contributed by atoms with Crippen molar-refractivity contribution in [2.24, 2.45) is 5.92 Å². The zero-order chi connectivity index (χ0) is 11.5. The van der Waals surface area contributed by atoms with Crippen LogP contribution in [0.25, 0.3) is 0 Å². The van der Waals surface area contributed by atoms with E-state index < -0.39 is 0 Å². The van der Waals surface area contributed by atoms with E-state index in [1.807, 2.05) is 0 Å². The second-order valence-electron chi connectivity index (χ2n) is 5.76. The molecule has 0 amide bonds. The summed E-state index contributed by atoms with van der Waals surface area (Å²) in [5, 5.41) is 0. The van der Waals surface area contributed by atoms with Crippen molar-refractivity contribution in [3.05, 3.63) is 0 Å². The van der Waals surface area contributed by atoms with Gasteiger partial charge in [-0.2, -0.15) is 0 Å². The number of Topliss-reactive ketones (excluding diaryl/α,β-unsaturated/α-hetero) is 1. The van der Waals surface area contributed by atoms with E-state index in [2.05, 4.69) is 18.9 Å². The van der Waals surface area contributed by atoms with Crippen LogP contribution in [0.4, 0.5) is 0 Å². The highest BCUT2D eigenvalue weighted by Gasteiger charge is 2.31. The number of rotatable bonds is 2. The van der Waals surface area contributed by atoms with Gasteiger partial charge >= 0.3 is 0 Å². The Morgan fingerprint density at radius 1 is 1.06 bits per heavy atom. The van der Waals surface area contributed by atoms with Gasteiger partial charge in [0, 0.05) is 24.9 Å². The van der Waals surface area contributed by atoms with Crippen molar-refractivity contribution in [3.8, 4) is 0 Å². The van der Waals surface area contributed by atoms with Crippen LogP contribution in [0, 0.1) is 5.92 Å². The molecular formula is C14H25NO. The molecule has 16 heavy (non-hydrogen) atoms. The molecule has 2 saturated carbocycles. The molecule has 2 heteroatoms. The van der Waals surface area contributed by atoms with Gasteiger partial charge in [-0.1, -0.05) is 19.8 Å². The molecule has 0 aliphatic heterocycles. The van der Waals surface area contributed by atoms with Crippen molar-refractivity contribution >= 4 is 5.78 Å². The van der Waals surface area contributed by atoms with E-state index in [1.165, 1.54) is 25.7 Å². The monoisotopic (exact) mass is 223 g/mol. The fourth-order valence-electron chi connectivity index (χ4n) is 3.50. The van der Waals surface area contributed by atoms with E-state index in [0.29, 0.717) is 11.8 Å². The van der Waals surface area contributed by atoms with Crippen LogP contribution in [0.1, 0.15) is 58.3 Å². The first kappa shape index (κ1) is 12.1. The average molecular weight is 223 g/mol. The van der Waals surface area contributed by atoms with Crippen LogP contribution in [0.15, 0.2) is 0 Å². The minimum absolute atomic E-state index is 0.473. The van der Waals surface area contributed by atoms with Gasteiger partial charge in [0.1, 0.15) is 5.78 Å². The molecule has 2 rings (SSSR count). The van der Waals surface area contributed by atoms with Gasteiger partial charge in [-0.15, -0.1) is 0 Å². The average Bonchev–Trinajstić information content (AvgIpc) is 2.30. The third kappa shape index (κ3) is 2.65. The van der Waals surface area contributed by atoms with E-state index in [1.54, 1.807) is 0 Å². The summed E-state index contributed by atoms with van der Waals surface area (Å²) < 4.78 is 0. The predicted molar refractivity (Wildman–Crippen MR) is 66.4 cm³/mol. The molecule has 0 saturated heterocycles. The molecule has 2 fully saturated rings. The van der Waals surface area contributed by atoms with Gasteiger partial charge in [0.05, 0.1) is 0 Å². The summed E-state index contributed by atoms with van der Waals surface area (Å²) in [6.45, 7) is 2.40. The van der Waals surface area contributed by atoms with Gasteiger partial charge in [0.2, 0.25) is 0 Å². The van der Waals surface area contributed by atoms with Crippen LogP contribution < -0.4 is 0 Å². The Morgan fingerprint density at radius 3 is 2.31 bits per heavy atom. The minimum atomic E-state index is 0.473. The number of carbonyl (C=O) groups is 1. The molecule has 2 atom stereocenters. The molecule has 0 aromatic heterocycles. The summed E-state index contributed by atoms with van der Waals surface area (Å²) >= 11 is 0. The summed E-state index contributed by atoms with van der Waals surface area (Å²) in [6.07, 6.45) is 9.38. The Hall–Kier alpha value is -0.370. The van der Waals surface area contributed by atoms with Crippen molar-refractivity contribution in [1.82, 2.24) is 4.90 Å². The zero-order valence-corrected chi connectivity index (χ0v) is 10.7. The molecule has 0 heterocycles. The largest absolute Gasteiger partial charge is 0.300 e. The summed E-state index contributed by atoms with van der Waals surface area (Å²) in [4.78, 5) is 13.8. The second kappa shape index (κ2) is 5.31. The molecule has 0 N–H and O–H groups in total. The molecule has 0 aromatic rings. The van der Waals surface area contributed by atoms with Crippen molar-refractivity contribution in [3.63, 3.8) is 0 Å². The molecule has 0 aromatic carbocycles. The van der Waals surface area contributed by atoms with Crippen LogP contribution in [0.3, 0.4) is 0 Å². The minimum Gasteiger partial charge on any atom is -0.300 e. The molecule has 2 nitrogen and oxygen atoms in total. The smallest absolute Gasteiger partial charge is 0.133 e. The number of ketones is 1. The predicted octanol–water partition coefficient (Wildman–Crippen LogP) is 3.01. The quantitative estimate of drug-likeness (QED) is 0.717. The Kier molecular flexibility index (Phi) is 4.01. The summed E-state index contributed by atoms with van der Waals surface area (Å²) in [5.41, 5.74) is 0. The first-order valence-electron chi connectivity index (χ1n) is 6.92. The number of hydrogen-bond donors (Lipinski definition) is 0. The molecule has 2 aliphatic carbocycles. The number of hydrogen-bond acceptors (Lipinski definition) is 2. The van der Waals surface area contributed by atoms with E-state index in [9.17, 15) is 4.79 Å². The highest BCUT2D eigenvalue weighted by atomic mass is 16.1. The maximum absolute atomic E-state index is 11.3. The molecule has 2 unspecified atom stereocenters. The van der Waals surface area contributed by atoms with Gasteiger partial charge in [-0.05, 0) is 38.6 Å². The van der Waals surface area contributed by atoms with Crippen LogP contribution in [0.5, 0.6) is 0 Å². The van der Waals surface area contributed by atoms with Crippen LogP contribution in [-0.2, 0) is 4.79 Å². The fourth-order valence-corrected chi connectivity index (χ4v) is 3.50. The van der Waals surface area contributed by atoms with Crippen molar-refractivity contribution < 1.29 is 4.79 Å². The highest BCUT2D eigenvalue weighted by Crippen LogP contribution is 2.31. The van der Waals surface area contributed by atoms with Gasteiger partial charge in [0.15, 0.2) is 0 Å². The second-order valence-corrected chi connectivity index (χ2v) is 5.76. The molecule has 0 radical (unpaired) electrons. The topological polar surface area (TPSA) is 20.3 Å². The van der Waals surface area contributed by atoms with Crippen LogP contribution in [0.2, 0.25) is 0 Å². The lowest BCUT2D eigenvalue weighted by molar-refractivity contribution is -0.121. The lowest BCUT2D eigenvalue weighted by Gasteiger charge is -2.42. The third-order valence-electron chi connectivity index (χ3n) is 4.68. The highest BCUT2D eigenvalue weighted by molar-refractivity contribution is 5.79. The van der Waals surface area contributed by atoms with Gasteiger partial charge < -0.3 is 4.90 Å². The van der Waals surface area contributed by atoms with Crippen LogP contribution >= 0.6 is 0 Å². The first-order chi connectivity index (χ1) is 7.68. The standard InChI is InChI=1S/C14H25NO/c1-11-5-3-4-6-14(11)15(2)12-7-9-13(16)10-8-12/h11-12,14H,3-10H2,1-2H3. The van der Waals surface area contributed by atoms with Gasteiger partial charge in [-0.25, -0.2) is 0 Å². The van der Waals surface area contributed by atoms with Crippen molar-refractivity contribution in [1.29, 1.82) is 0 Å². The molecule has 92 valence electrons. The van der Waals surface area contributed by atoms with Crippen LogP contribution in [-0.4, -0.2) is 29.8 Å². The zero-order valence-electron chi connectivity index (χ0n) is 10.7. The van der Waals surface area contributed by atoms with Crippen molar-refractivity contribution in [2.45, 2.75) is 70.4 Å². The fraction of sp³-hybridized carbons (Fsp3) is 0.929. The van der Waals surface area contributed by atoms with E-state index in [-0.39, 0.29) is 0 Å². The Labute approximate surface area is 99.4 Å². The van der Waals surface area contributed by atoms with E-state index >= 15 is 0 Å². The lowest BCUT2D eigenvalue weighted by Crippen LogP contribution is -2.46. The maximum atomic E-state index is 11.3. The Bertz CT molecular complexity index is 241. The molecule has 2 aliphatic rings. The molecule has 0 spiro atoms. The third-order valence-corrected chi connectivity index (χ3v) is 4.68. The van der Waals surface area contributed by atoms with Gasteiger partial charge in [-0.3, -0.25) is 4.79 Å². The van der Waals surface area contributed by atoms with E-state index in [4.69, 9.17) is 0 Å². The SMILES string of the molecule is CC1CCCCC1N(C)C1CCC(=O)CC1. The lowest BCUT2D eigenvalue weighted by atomic mass is 9.83. The van der Waals surface area contributed by atoms with Crippen molar-refractivity contribution in [2.75, 3.05) is 7.05 Å². The normalized spacial score (nSPS) is 33.3. The summed E-state index contributed by atoms with van der Waals surface area (Å²) in [5.74, 6) is 1.32. The first-order valence-corrected chi connectivity index (χ1v) is 6.92. The Morgan fingerprint density at radius 2 is 1.69 bits per heavy atom. The Balaban J connectivity index is 1.90. The summed E-state index contributed by atoms with van der Waals surface area (Å²) in [6, 6.07) is 1.44. The summed E-state index contributed by atoms with van der Waals surface area (Å²) in [7, 11) is 2.28. The maximum Gasteiger partial charge on any atom is 0.133 e. The molecular weight excluding hydrogens is 198 g/mol.